The molecular weight excluding hydrogens is 182 g/mol. The van der Waals surface area contributed by atoms with Crippen molar-refractivity contribution in [2.75, 3.05) is 0 Å². The van der Waals surface area contributed by atoms with Crippen molar-refractivity contribution in [1.29, 1.82) is 5.41 Å². The summed E-state index contributed by atoms with van der Waals surface area (Å²) in [4.78, 5) is 0. The molecule has 0 aliphatic heterocycles. The van der Waals surface area contributed by atoms with Gasteiger partial charge < -0.3 is 5.41 Å². The van der Waals surface area contributed by atoms with E-state index in [2.05, 4.69) is 6.58 Å². The summed E-state index contributed by atoms with van der Waals surface area (Å²) in [5.74, 6) is 1.63. The fraction of sp³-hybridized carbons (Fsp3) is 0.786. The van der Waals surface area contributed by atoms with Gasteiger partial charge in [0, 0.05) is 12.1 Å². The maximum absolute atomic E-state index is 8.01. The van der Waals surface area contributed by atoms with Gasteiger partial charge >= 0.3 is 0 Å². The Kier molecular flexibility index (Phi) is 2.05. The summed E-state index contributed by atoms with van der Waals surface area (Å²) in [6.45, 7) is 4.32. The molecule has 0 spiro atoms. The predicted octanol–water partition coefficient (Wildman–Crippen LogP) is 3.94. The number of fused-ring (bicyclic) bond motifs is 2. The van der Waals surface area contributed by atoms with Gasteiger partial charge in [-0.3, -0.25) is 0 Å². The predicted molar refractivity (Wildman–Crippen MR) is 63.2 cm³/mol. The van der Waals surface area contributed by atoms with Crippen LogP contribution in [0.3, 0.4) is 0 Å². The number of allylic oxidation sites excluding steroid dienone is 1. The zero-order chi connectivity index (χ0) is 10.5. The highest BCUT2D eigenvalue weighted by Crippen LogP contribution is 2.58. The van der Waals surface area contributed by atoms with Crippen molar-refractivity contribution < 1.29 is 0 Å². The van der Waals surface area contributed by atoms with Crippen LogP contribution in [0.25, 0.3) is 0 Å². The van der Waals surface area contributed by atoms with Crippen LogP contribution in [0.2, 0.25) is 0 Å². The lowest BCUT2D eigenvalue weighted by Crippen LogP contribution is -2.19. The third-order valence-corrected chi connectivity index (χ3v) is 4.97. The minimum atomic E-state index is 0.478. The number of rotatable bonds is 4. The summed E-state index contributed by atoms with van der Waals surface area (Å²) in [6.07, 6.45) is 10.4. The van der Waals surface area contributed by atoms with Gasteiger partial charge in [-0.2, -0.15) is 0 Å². The van der Waals surface area contributed by atoms with Gasteiger partial charge in [0.15, 0.2) is 0 Å². The molecule has 1 heteroatoms. The first kappa shape index (κ1) is 9.62. The van der Waals surface area contributed by atoms with E-state index in [0.717, 1.165) is 18.1 Å². The summed E-state index contributed by atoms with van der Waals surface area (Å²) in [6, 6.07) is 0. The largest absolute Gasteiger partial charge is 0.309 e. The molecule has 0 unspecified atom stereocenters. The van der Waals surface area contributed by atoms with Gasteiger partial charge in [0.25, 0.3) is 0 Å². The van der Waals surface area contributed by atoms with Crippen molar-refractivity contribution in [2.24, 2.45) is 17.3 Å². The minimum absolute atomic E-state index is 0.478. The molecule has 0 saturated heterocycles. The average molecular weight is 203 g/mol. The molecule has 3 rings (SSSR count). The summed E-state index contributed by atoms with van der Waals surface area (Å²) in [7, 11) is 0. The first-order chi connectivity index (χ1) is 7.20. The molecule has 0 aromatic carbocycles. The van der Waals surface area contributed by atoms with Crippen LogP contribution in [0.15, 0.2) is 12.2 Å². The van der Waals surface area contributed by atoms with Crippen molar-refractivity contribution in [3.63, 3.8) is 0 Å². The summed E-state index contributed by atoms with van der Waals surface area (Å²) in [5, 5.41) is 8.01. The molecule has 3 aliphatic rings. The highest BCUT2D eigenvalue weighted by atomic mass is 14.5. The third kappa shape index (κ3) is 1.56. The molecule has 3 fully saturated rings. The molecule has 0 aromatic heterocycles. The summed E-state index contributed by atoms with van der Waals surface area (Å²) in [5.41, 5.74) is 2.86. The zero-order valence-electron chi connectivity index (χ0n) is 9.52. The van der Waals surface area contributed by atoms with E-state index in [9.17, 15) is 0 Å². The van der Waals surface area contributed by atoms with Gasteiger partial charge in [0.05, 0.1) is 0 Å². The Morgan fingerprint density at radius 1 is 1.20 bits per heavy atom. The second-order valence-electron chi connectivity index (χ2n) is 6.01. The molecule has 3 saturated carbocycles. The maximum atomic E-state index is 8.01. The van der Waals surface area contributed by atoms with Crippen LogP contribution in [-0.2, 0) is 0 Å². The lowest BCUT2D eigenvalue weighted by atomic mass is 9.76. The maximum Gasteiger partial charge on any atom is 0.0160 e. The van der Waals surface area contributed by atoms with Crippen molar-refractivity contribution in [1.82, 2.24) is 0 Å². The molecule has 0 aromatic rings. The fourth-order valence-corrected chi connectivity index (χ4v) is 3.68. The first-order valence-electron chi connectivity index (χ1n) is 6.45. The minimum Gasteiger partial charge on any atom is -0.309 e. The van der Waals surface area contributed by atoms with Crippen LogP contribution in [-0.4, -0.2) is 5.71 Å². The zero-order valence-corrected chi connectivity index (χ0v) is 9.52. The fourth-order valence-electron chi connectivity index (χ4n) is 3.68. The van der Waals surface area contributed by atoms with Gasteiger partial charge in [-0.25, -0.2) is 0 Å². The molecule has 82 valence electrons. The van der Waals surface area contributed by atoms with Crippen LogP contribution in [0, 0.1) is 22.7 Å². The monoisotopic (exact) mass is 203 g/mol. The standard InChI is InChI=1S/C14H21N/c1-10(8-13(15)12-2-3-12)14-6-4-11(9-14)5-7-14/h11-12,15H,1-9H2. The number of hydrogen-bond donors (Lipinski definition) is 1. The summed E-state index contributed by atoms with van der Waals surface area (Å²) < 4.78 is 0. The van der Waals surface area contributed by atoms with Crippen LogP contribution in [0.1, 0.15) is 51.4 Å². The molecular formula is C14H21N. The topological polar surface area (TPSA) is 23.9 Å². The van der Waals surface area contributed by atoms with Crippen molar-refractivity contribution in [2.45, 2.75) is 51.4 Å². The van der Waals surface area contributed by atoms with Crippen LogP contribution < -0.4 is 0 Å². The molecule has 1 nitrogen and oxygen atoms in total. The van der Waals surface area contributed by atoms with Crippen LogP contribution >= 0.6 is 0 Å². The van der Waals surface area contributed by atoms with Gasteiger partial charge in [0.1, 0.15) is 0 Å². The molecule has 15 heavy (non-hydrogen) atoms. The second-order valence-corrected chi connectivity index (χ2v) is 6.01. The lowest BCUT2D eigenvalue weighted by molar-refractivity contribution is 0.356. The van der Waals surface area contributed by atoms with Gasteiger partial charge in [-0.1, -0.05) is 12.2 Å². The SMILES string of the molecule is C=C(CC(=N)C1CC1)C12CCC(CC1)C2. The van der Waals surface area contributed by atoms with Gasteiger partial charge in [-0.05, 0) is 62.2 Å². The van der Waals surface area contributed by atoms with E-state index >= 15 is 0 Å². The van der Waals surface area contributed by atoms with Crippen molar-refractivity contribution in [3.05, 3.63) is 12.2 Å². The van der Waals surface area contributed by atoms with E-state index in [1.54, 1.807) is 0 Å². The molecule has 0 heterocycles. The van der Waals surface area contributed by atoms with E-state index in [1.807, 2.05) is 0 Å². The Hall–Kier alpha value is -0.590. The average Bonchev–Trinajstić information content (AvgIpc) is 2.89. The molecule has 0 amide bonds. The third-order valence-electron chi connectivity index (χ3n) is 4.97. The molecule has 0 atom stereocenters. The Morgan fingerprint density at radius 3 is 2.33 bits per heavy atom. The van der Waals surface area contributed by atoms with Crippen molar-refractivity contribution >= 4 is 5.71 Å². The molecule has 0 radical (unpaired) electrons. The number of nitrogens with one attached hydrogen (secondary N) is 1. The van der Waals surface area contributed by atoms with E-state index in [4.69, 9.17) is 5.41 Å². The van der Waals surface area contributed by atoms with Gasteiger partial charge in [0.2, 0.25) is 0 Å². The highest BCUT2D eigenvalue weighted by Gasteiger charge is 2.46. The van der Waals surface area contributed by atoms with Gasteiger partial charge in [-0.15, -0.1) is 0 Å². The lowest BCUT2D eigenvalue weighted by Gasteiger charge is -2.29. The molecule has 2 bridgehead atoms. The Morgan fingerprint density at radius 2 is 1.87 bits per heavy atom. The number of hydrogen-bond acceptors (Lipinski definition) is 1. The highest BCUT2D eigenvalue weighted by molar-refractivity contribution is 5.87. The normalized spacial score (nSPS) is 38.3. The van der Waals surface area contributed by atoms with E-state index < -0.39 is 0 Å². The molecule has 3 aliphatic carbocycles. The molecule has 1 N–H and O–H groups in total. The van der Waals surface area contributed by atoms with E-state index in [-0.39, 0.29) is 0 Å². The Bertz CT molecular complexity index is 303. The van der Waals surface area contributed by atoms with Crippen LogP contribution in [0.4, 0.5) is 0 Å². The Labute approximate surface area is 92.5 Å². The van der Waals surface area contributed by atoms with Crippen molar-refractivity contribution in [3.8, 4) is 0 Å². The Balaban J connectivity index is 1.66. The van der Waals surface area contributed by atoms with E-state index in [0.29, 0.717) is 11.3 Å². The smallest absolute Gasteiger partial charge is 0.0160 e. The summed E-state index contributed by atoms with van der Waals surface area (Å²) >= 11 is 0. The van der Waals surface area contributed by atoms with E-state index in [1.165, 1.54) is 50.5 Å². The van der Waals surface area contributed by atoms with Crippen LogP contribution in [0.5, 0.6) is 0 Å². The quantitative estimate of drug-likeness (QED) is 0.528. The second kappa shape index (κ2) is 3.20. The first-order valence-corrected chi connectivity index (χ1v) is 6.45.